The van der Waals surface area contributed by atoms with Gasteiger partial charge in [-0.05, 0) is 31.7 Å². The lowest BCUT2D eigenvalue weighted by Crippen LogP contribution is -2.44. The van der Waals surface area contributed by atoms with Gasteiger partial charge in [0.05, 0.1) is 0 Å². The van der Waals surface area contributed by atoms with Crippen LogP contribution in [0.25, 0.3) is 0 Å². The van der Waals surface area contributed by atoms with Crippen LogP contribution in [0.15, 0.2) is 24.3 Å². The summed E-state index contributed by atoms with van der Waals surface area (Å²) < 4.78 is 0. The molecule has 0 aromatic heterocycles. The molecule has 3 nitrogen and oxygen atoms in total. The van der Waals surface area contributed by atoms with E-state index in [1.54, 1.807) is 6.92 Å². The fraction of sp³-hybridized carbons (Fsp3) is 0.500. The third kappa shape index (κ3) is 3.22. The number of hydrogen-bond acceptors (Lipinski definition) is 2. The summed E-state index contributed by atoms with van der Waals surface area (Å²) in [5.74, 6) is 0.106. The molecule has 102 valence electrons. The molecule has 0 aliphatic carbocycles. The summed E-state index contributed by atoms with van der Waals surface area (Å²) >= 11 is 0. The van der Waals surface area contributed by atoms with E-state index in [4.69, 9.17) is 0 Å². The highest BCUT2D eigenvalue weighted by atomic mass is 16.2. The van der Waals surface area contributed by atoms with Crippen LogP contribution in [0, 0.1) is 12.3 Å². The van der Waals surface area contributed by atoms with Gasteiger partial charge in [0, 0.05) is 25.4 Å². The number of likely N-dealkylation sites (tertiary alicyclic amines) is 1. The van der Waals surface area contributed by atoms with Crippen molar-refractivity contribution in [1.29, 1.82) is 0 Å². The molecule has 0 spiro atoms. The third-order valence-electron chi connectivity index (χ3n) is 4.13. The van der Waals surface area contributed by atoms with Gasteiger partial charge in [-0.1, -0.05) is 29.8 Å². The maximum atomic E-state index is 11.5. The lowest BCUT2D eigenvalue weighted by molar-refractivity contribution is -0.133. The van der Waals surface area contributed by atoms with Gasteiger partial charge in [0.2, 0.25) is 5.91 Å². The van der Waals surface area contributed by atoms with Gasteiger partial charge in [-0.3, -0.25) is 4.79 Å². The number of benzene rings is 1. The van der Waals surface area contributed by atoms with E-state index in [1.807, 2.05) is 4.90 Å². The lowest BCUT2D eigenvalue weighted by atomic mass is 9.75. The number of aldehydes is 1. The fourth-order valence-corrected chi connectivity index (χ4v) is 2.72. The molecule has 0 N–H and O–H groups in total. The van der Waals surface area contributed by atoms with Crippen molar-refractivity contribution in [3.8, 4) is 0 Å². The van der Waals surface area contributed by atoms with Gasteiger partial charge in [0.15, 0.2) is 0 Å². The van der Waals surface area contributed by atoms with Crippen LogP contribution in [-0.4, -0.2) is 30.2 Å². The summed E-state index contributed by atoms with van der Waals surface area (Å²) in [5.41, 5.74) is 2.14. The maximum Gasteiger partial charge on any atom is 0.219 e. The number of nitrogens with zero attached hydrogens (tertiary/aromatic N) is 1. The highest BCUT2D eigenvalue weighted by Crippen LogP contribution is 2.33. The van der Waals surface area contributed by atoms with E-state index in [9.17, 15) is 9.59 Å². The van der Waals surface area contributed by atoms with Crippen molar-refractivity contribution in [3.63, 3.8) is 0 Å². The molecule has 0 unspecified atom stereocenters. The molecule has 1 aliphatic rings. The smallest absolute Gasteiger partial charge is 0.219 e. The molecule has 19 heavy (non-hydrogen) atoms. The Hall–Kier alpha value is -1.64. The SMILES string of the molecule is CC(=O)N1CCC(C=O)(Cc2ccc(C)cc2)CC1. The zero-order valence-corrected chi connectivity index (χ0v) is 11.7. The summed E-state index contributed by atoms with van der Waals surface area (Å²) in [6.45, 7) is 5.04. The van der Waals surface area contributed by atoms with Gasteiger partial charge in [-0.25, -0.2) is 0 Å². The van der Waals surface area contributed by atoms with Crippen LogP contribution in [0.2, 0.25) is 0 Å². The Bertz CT molecular complexity index is 456. The minimum atomic E-state index is -0.290. The normalized spacial score (nSPS) is 18.1. The van der Waals surface area contributed by atoms with Gasteiger partial charge in [0.25, 0.3) is 0 Å². The number of hydrogen-bond donors (Lipinski definition) is 0. The van der Waals surface area contributed by atoms with Gasteiger partial charge in [-0.2, -0.15) is 0 Å². The first-order valence-electron chi connectivity index (χ1n) is 6.82. The summed E-state index contributed by atoms with van der Waals surface area (Å²) in [6.07, 6.45) is 3.42. The number of piperidine rings is 1. The monoisotopic (exact) mass is 259 g/mol. The second-order valence-electron chi connectivity index (χ2n) is 5.65. The number of amides is 1. The summed E-state index contributed by atoms with van der Waals surface area (Å²) in [5, 5.41) is 0. The van der Waals surface area contributed by atoms with Crippen LogP contribution >= 0.6 is 0 Å². The molecule has 1 heterocycles. The zero-order chi connectivity index (χ0) is 13.9. The van der Waals surface area contributed by atoms with Crippen LogP contribution in [0.3, 0.4) is 0 Å². The van der Waals surface area contributed by atoms with Gasteiger partial charge < -0.3 is 9.69 Å². The van der Waals surface area contributed by atoms with Gasteiger partial charge in [-0.15, -0.1) is 0 Å². The molecular formula is C16H21NO2. The van der Waals surface area contributed by atoms with Crippen LogP contribution in [0.1, 0.15) is 30.9 Å². The average molecular weight is 259 g/mol. The Balaban J connectivity index is 2.06. The van der Waals surface area contributed by atoms with Crippen molar-refractivity contribution in [2.75, 3.05) is 13.1 Å². The highest BCUT2D eigenvalue weighted by molar-refractivity contribution is 5.73. The van der Waals surface area contributed by atoms with Crippen LogP contribution in [0.5, 0.6) is 0 Å². The Morgan fingerprint density at radius 1 is 1.26 bits per heavy atom. The van der Waals surface area contributed by atoms with Crippen molar-refractivity contribution in [1.82, 2.24) is 4.90 Å². The van der Waals surface area contributed by atoms with E-state index >= 15 is 0 Å². The third-order valence-corrected chi connectivity index (χ3v) is 4.13. The first-order chi connectivity index (χ1) is 9.04. The first-order valence-corrected chi connectivity index (χ1v) is 6.82. The molecule has 0 radical (unpaired) electrons. The van der Waals surface area contributed by atoms with E-state index in [0.29, 0.717) is 13.1 Å². The molecule has 1 aromatic carbocycles. The summed E-state index contributed by atoms with van der Waals surface area (Å²) in [4.78, 5) is 24.7. The fourth-order valence-electron chi connectivity index (χ4n) is 2.72. The summed E-state index contributed by atoms with van der Waals surface area (Å²) in [6, 6.07) is 8.35. The van der Waals surface area contributed by atoms with Crippen LogP contribution in [-0.2, 0) is 16.0 Å². The molecular weight excluding hydrogens is 238 g/mol. The lowest BCUT2D eigenvalue weighted by Gasteiger charge is -2.38. The molecule has 0 bridgehead atoms. The Labute approximate surface area is 114 Å². The molecule has 1 saturated heterocycles. The molecule has 2 rings (SSSR count). The molecule has 1 aliphatic heterocycles. The second kappa shape index (κ2) is 5.55. The van der Waals surface area contributed by atoms with Gasteiger partial charge in [0.1, 0.15) is 6.29 Å². The predicted octanol–water partition coefficient (Wildman–Crippen LogP) is 2.37. The molecule has 0 saturated carbocycles. The molecule has 1 aromatic rings. The molecule has 0 atom stereocenters. The molecule has 3 heteroatoms. The topological polar surface area (TPSA) is 37.4 Å². The van der Waals surface area contributed by atoms with Crippen molar-refractivity contribution >= 4 is 12.2 Å². The number of rotatable bonds is 3. The molecule has 1 fully saturated rings. The van der Waals surface area contributed by atoms with Crippen molar-refractivity contribution in [2.24, 2.45) is 5.41 Å². The first kappa shape index (κ1) is 13.8. The number of carbonyl (C=O) groups is 2. The number of aryl methyl sites for hydroxylation is 1. The Kier molecular flexibility index (Phi) is 4.03. The van der Waals surface area contributed by atoms with Crippen molar-refractivity contribution < 1.29 is 9.59 Å². The second-order valence-corrected chi connectivity index (χ2v) is 5.65. The average Bonchev–Trinajstić information content (AvgIpc) is 2.42. The quantitative estimate of drug-likeness (QED) is 0.781. The van der Waals surface area contributed by atoms with Crippen LogP contribution in [0.4, 0.5) is 0 Å². The Morgan fingerprint density at radius 3 is 2.32 bits per heavy atom. The van der Waals surface area contributed by atoms with Crippen LogP contribution < -0.4 is 0 Å². The summed E-state index contributed by atoms with van der Waals surface area (Å²) in [7, 11) is 0. The van der Waals surface area contributed by atoms with E-state index < -0.39 is 0 Å². The highest BCUT2D eigenvalue weighted by Gasteiger charge is 2.35. The van der Waals surface area contributed by atoms with Gasteiger partial charge >= 0.3 is 0 Å². The number of carbonyl (C=O) groups excluding carboxylic acids is 2. The standard InChI is InChI=1S/C16H21NO2/c1-13-3-5-15(6-4-13)11-16(12-18)7-9-17(10-8-16)14(2)19/h3-6,12H,7-11H2,1-2H3. The Morgan fingerprint density at radius 2 is 1.84 bits per heavy atom. The van der Waals surface area contributed by atoms with E-state index in [2.05, 4.69) is 31.2 Å². The maximum absolute atomic E-state index is 11.5. The van der Waals surface area contributed by atoms with E-state index in [0.717, 1.165) is 25.5 Å². The molecule has 1 amide bonds. The van der Waals surface area contributed by atoms with Crippen molar-refractivity contribution in [2.45, 2.75) is 33.1 Å². The minimum absolute atomic E-state index is 0.106. The largest absolute Gasteiger partial charge is 0.343 e. The zero-order valence-electron chi connectivity index (χ0n) is 11.7. The van der Waals surface area contributed by atoms with E-state index in [1.165, 1.54) is 11.1 Å². The minimum Gasteiger partial charge on any atom is -0.343 e. The van der Waals surface area contributed by atoms with Crippen molar-refractivity contribution in [3.05, 3.63) is 35.4 Å². The van der Waals surface area contributed by atoms with E-state index in [-0.39, 0.29) is 11.3 Å². The predicted molar refractivity (Wildman–Crippen MR) is 74.9 cm³/mol.